The van der Waals surface area contributed by atoms with Crippen molar-refractivity contribution in [2.24, 2.45) is 5.73 Å². The largest absolute Gasteiger partial charge is 0.387 e. The van der Waals surface area contributed by atoms with Crippen molar-refractivity contribution in [2.45, 2.75) is 12.5 Å². The first-order chi connectivity index (χ1) is 4.34. The molecule has 1 unspecified atom stereocenters. The van der Waals surface area contributed by atoms with Crippen molar-refractivity contribution in [1.82, 2.24) is 0 Å². The maximum atomic E-state index is 9.12. The molecule has 0 aromatic heterocycles. The van der Waals surface area contributed by atoms with E-state index in [0.29, 0.717) is 6.54 Å². The zero-order valence-corrected chi connectivity index (χ0v) is 5.25. The molecule has 1 aliphatic carbocycles. The molecule has 0 heterocycles. The smallest absolute Gasteiger partial charge is 0.0878 e. The lowest BCUT2D eigenvalue weighted by Gasteiger charge is -2.06. The molecule has 0 aromatic carbocycles. The standard InChI is InChI=1S/C7H11NO/c8-5-7(9)6-3-1-2-4-6/h1-3,7,9H,4-5,8H2. The lowest BCUT2D eigenvalue weighted by Crippen LogP contribution is -2.21. The zero-order chi connectivity index (χ0) is 6.69. The van der Waals surface area contributed by atoms with Crippen LogP contribution in [0.3, 0.4) is 0 Å². The molecular weight excluding hydrogens is 114 g/mol. The monoisotopic (exact) mass is 125 g/mol. The second-order valence-corrected chi connectivity index (χ2v) is 2.13. The van der Waals surface area contributed by atoms with E-state index in [1.54, 1.807) is 0 Å². The average Bonchev–Trinajstić information content (AvgIpc) is 2.37. The molecule has 2 heteroatoms. The normalized spacial score (nSPS) is 20.0. The van der Waals surface area contributed by atoms with Crippen LogP contribution in [0.25, 0.3) is 0 Å². The predicted molar refractivity (Wildman–Crippen MR) is 36.9 cm³/mol. The Morgan fingerprint density at radius 3 is 3.00 bits per heavy atom. The van der Waals surface area contributed by atoms with Crippen molar-refractivity contribution >= 4 is 0 Å². The number of nitrogens with two attached hydrogens (primary N) is 1. The van der Waals surface area contributed by atoms with E-state index in [0.717, 1.165) is 12.0 Å². The molecule has 0 spiro atoms. The van der Waals surface area contributed by atoms with Gasteiger partial charge in [-0.25, -0.2) is 0 Å². The third kappa shape index (κ3) is 1.40. The van der Waals surface area contributed by atoms with Gasteiger partial charge in [-0.1, -0.05) is 18.2 Å². The maximum Gasteiger partial charge on any atom is 0.0878 e. The van der Waals surface area contributed by atoms with Gasteiger partial charge in [-0.05, 0) is 12.0 Å². The van der Waals surface area contributed by atoms with E-state index >= 15 is 0 Å². The molecule has 0 saturated carbocycles. The Bertz CT molecular complexity index is 149. The molecule has 3 N–H and O–H groups in total. The molecule has 0 bridgehead atoms. The molecule has 2 nitrogen and oxygen atoms in total. The Morgan fingerprint density at radius 2 is 2.56 bits per heavy atom. The number of hydrogen-bond donors (Lipinski definition) is 2. The number of rotatable bonds is 2. The Balaban J connectivity index is 2.45. The molecular formula is C7H11NO. The van der Waals surface area contributed by atoms with Crippen molar-refractivity contribution in [1.29, 1.82) is 0 Å². The fourth-order valence-corrected chi connectivity index (χ4v) is 0.862. The van der Waals surface area contributed by atoms with Crippen molar-refractivity contribution in [3.05, 3.63) is 23.8 Å². The molecule has 0 saturated heterocycles. The minimum atomic E-state index is -0.431. The summed E-state index contributed by atoms with van der Waals surface area (Å²) in [5.41, 5.74) is 6.26. The third-order valence-corrected chi connectivity index (χ3v) is 1.45. The SMILES string of the molecule is NCC(O)C1=CC=CC1. The minimum absolute atomic E-state index is 0.327. The molecule has 0 fully saturated rings. The van der Waals surface area contributed by atoms with Crippen molar-refractivity contribution in [2.75, 3.05) is 6.54 Å². The molecule has 0 aliphatic heterocycles. The van der Waals surface area contributed by atoms with Crippen molar-refractivity contribution in [3.8, 4) is 0 Å². The quantitative estimate of drug-likeness (QED) is 0.553. The summed E-state index contributed by atoms with van der Waals surface area (Å²) in [4.78, 5) is 0. The molecule has 1 aliphatic rings. The van der Waals surface area contributed by atoms with Gasteiger partial charge in [0.05, 0.1) is 6.10 Å². The van der Waals surface area contributed by atoms with E-state index in [9.17, 15) is 0 Å². The summed E-state index contributed by atoms with van der Waals surface area (Å²) in [5, 5.41) is 9.12. The number of aliphatic hydroxyl groups excluding tert-OH is 1. The highest BCUT2D eigenvalue weighted by Gasteiger charge is 2.07. The van der Waals surface area contributed by atoms with Crippen LogP contribution in [0, 0.1) is 0 Å². The van der Waals surface area contributed by atoms with Gasteiger partial charge < -0.3 is 10.8 Å². The Hall–Kier alpha value is -0.600. The van der Waals surface area contributed by atoms with E-state index in [1.165, 1.54) is 0 Å². The predicted octanol–water partition coefficient (Wildman–Crippen LogP) is 0.192. The van der Waals surface area contributed by atoms with E-state index in [1.807, 2.05) is 18.2 Å². The summed E-state index contributed by atoms with van der Waals surface area (Å²) in [6.07, 6.45) is 6.29. The second-order valence-electron chi connectivity index (χ2n) is 2.13. The summed E-state index contributed by atoms with van der Waals surface area (Å²) in [6, 6.07) is 0. The van der Waals surface area contributed by atoms with Crippen LogP contribution in [0.15, 0.2) is 23.8 Å². The number of hydrogen-bond acceptors (Lipinski definition) is 2. The van der Waals surface area contributed by atoms with Gasteiger partial charge >= 0.3 is 0 Å². The Morgan fingerprint density at radius 1 is 1.78 bits per heavy atom. The van der Waals surface area contributed by atoms with Crippen LogP contribution in [0.5, 0.6) is 0 Å². The molecule has 1 atom stereocenters. The van der Waals surface area contributed by atoms with E-state index < -0.39 is 6.10 Å². The van der Waals surface area contributed by atoms with E-state index in [2.05, 4.69) is 0 Å². The first-order valence-corrected chi connectivity index (χ1v) is 3.08. The first-order valence-electron chi connectivity index (χ1n) is 3.08. The van der Waals surface area contributed by atoms with Gasteiger partial charge in [0.25, 0.3) is 0 Å². The summed E-state index contributed by atoms with van der Waals surface area (Å²) in [7, 11) is 0. The fraction of sp³-hybridized carbons (Fsp3) is 0.429. The van der Waals surface area contributed by atoms with Gasteiger partial charge in [-0.3, -0.25) is 0 Å². The van der Waals surface area contributed by atoms with Gasteiger partial charge in [0, 0.05) is 6.54 Å². The molecule has 9 heavy (non-hydrogen) atoms. The Labute approximate surface area is 54.7 Å². The summed E-state index contributed by atoms with van der Waals surface area (Å²) in [6.45, 7) is 0.327. The average molecular weight is 125 g/mol. The lowest BCUT2D eigenvalue weighted by molar-refractivity contribution is 0.217. The topological polar surface area (TPSA) is 46.2 Å². The van der Waals surface area contributed by atoms with Gasteiger partial charge in [0.15, 0.2) is 0 Å². The van der Waals surface area contributed by atoms with Crippen LogP contribution in [0.4, 0.5) is 0 Å². The Kier molecular flexibility index (Phi) is 2.03. The van der Waals surface area contributed by atoms with Crippen molar-refractivity contribution < 1.29 is 5.11 Å². The van der Waals surface area contributed by atoms with Gasteiger partial charge in [-0.2, -0.15) is 0 Å². The molecule has 0 amide bonds. The van der Waals surface area contributed by atoms with Crippen LogP contribution in [0.1, 0.15) is 6.42 Å². The number of aliphatic hydroxyl groups is 1. The van der Waals surface area contributed by atoms with E-state index in [4.69, 9.17) is 10.8 Å². The van der Waals surface area contributed by atoms with E-state index in [-0.39, 0.29) is 0 Å². The highest BCUT2D eigenvalue weighted by molar-refractivity contribution is 5.25. The van der Waals surface area contributed by atoms with Crippen LogP contribution in [-0.4, -0.2) is 17.8 Å². The lowest BCUT2D eigenvalue weighted by atomic mass is 10.1. The maximum absolute atomic E-state index is 9.12. The van der Waals surface area contributed by atoms with Gasteiger partial charge in [0.1, 0.15) is 0 Å². The summed E-state index contributed by atoms with van der Waals surface area (Å²) >= 11 is 0. The summed E-state index contributed by atoms with van der Waals surface area (Å²) in [5.74, 6) is 0. The van der Waals surface area contributed by atoms with Crippen LogP contribution >= 0.6 is 0 Å². The fourth-order valence-electron chi connectivity index (χ4n) is 0.862. The summed E-state index contributed by atoms with van der Waals surface area (Å²) < 4.78 is 0. The first kappa shape index (κ1) is 6.52. The minimum Gasteiger partial charge on any atom is -0.387 e. The third-order valence-electron chi connectivity index (χ3n) is 1.45. The molecule has 50 valence electrons. The zero-order valence-electron chi connectivity index (χ0n) is 5.25. The highest BCUT2D eigenvalue weighted by Crippen LogP contribution is 2.13. The van der Waals surface area contributed by atoms with Crippen molar-refractivity contribution in [3.63, 3.8) is 0 Å². The molecule has 0 radical (unpaired) electrons. The molecule has 1 rings (SSSR count). The van der Waals surface area contributed by atoms with Gasteiger partial charge in [-0.15, -0.1) is 0 Å². The highest BCUT2D eigenvalue weighted by atomic mass is 16.3. The van der Waals surface area contributed by atoms with Crippen LogP contribution in [-0.2, 0) is 0 Å². The molecule has 0 aromatic rings. The van der Waals surface area contributed by atoms with Crippen LogP contribution < -0.4 is 5.73 Å². The van der Waals surface area contributed by atoms with Crippen LogP contribution in [0.2, 0.25) is 0 Å². The number of allylic oxidation sites excluding steroid dienone is 3. The van der Waals surface area contributed by atoms with Gasteiger partial charge in [0.2, 0.25) is 0 Å². The second kappa shape index (κ2) is 2.80.